The van der Waals surface area contributed by atoms with Crippen molar-refractivity contribution >= 4 is 23.2 Å². The Kier molecular flexibility index (Phi) is 5.10. The van der Waals surface area contributed by atoms with Gasteiger partial charge in [-0.15, -0.1) is 11.3 Å². The van der Waals surface area contributed by atoms with Gasteiger partial charge in [0.2, 0.25) is 5.72 Å². The molecule has 0 aliphatic carbocycles. The number of rotatable bonds is 4. The summed E-state index contributed by atoms with van der Waals surface area (Å²) in [5.41, 5.74) is -2.60. The molecule has 1 fully saturated rings. The zero-order valence-corrected chi connectivity index (χ0v) is 16.9. The van der Waals surface area contributed by atoms with E-state index in [1.807, 2.05) is 0 Å². The largest absolute Gasteiger partial charge is 0.437 e. The van der Waals surface area contributed by atoms with Gasteiger partial charge < -0.3 is 15.7 Å². The first kappa shape index (κ1) is 21.1. The van der Waals surface area contributed by atoms with E-state index < -0.39 is 35.7 Å². The Morgan fingerprint density at radius 3 is 2.52 bits per heavy atom. The Hall–Kier alpha value is -3.18. The van der Waals surface area contributed by atoms with Gasteiger partial charge in [0.1, 0.15) is 11.5 Å². The molecule has 4 rings (SSSR count). The number of carbonyl (C=O) groups is 2. The molecule has 0 saturated carbocycles. The van der Waals surface area contributed by atoms with Gasteiger partial charge in [-0.2, -0.15) is 18.3 Å². The van der Waals surface area contributed by atoms with Crippen molar-refractivity contribution < 1.29 is 27.9 Å². The molecule has 3 heterocycles. The number of urea groups is 1. The molecule has 1 saturated heterocycles. The van der Waals surface area contributed by atoms with Crippen LogP contribution < -0.4 is 10.6 Å². The van der Waals surface area contributed by atoms with Gasteiger partial charge in [-0.1, -0.05) is 24.3 Å². The van der Waals surface area contributed by atoms with E-state index >= 15 is 0 Å². The summed E-state index contributed by atoms with van der Waals surface area (Å²) in [5.74, 6) is -2.97. The van der Waals surface area contributed by atoms with Crippen molar-refractivity contribution in [2.75, 3.05) is 0 Å². The van der Waals surface area contributed by atoms with Crippen LogP contribution >= 0.6 is 11.3 Å². The smallest absolute Gasteiger partial charge is 0.363 e. The highest BCUT2D eigenvalue weighted by atomic mass is 32.1. The summed E-state index contributed by atoms with van der Waals surface area (Å²) < 4.78 is 42.8. The molecule has 1 aliphatic rings. The lowest BCUT2D eigenvalue weighted by Gasteiger charge is -2.44. The summed E-state index contributed by atoms with van der Waals surface area (Å²) in [6, 6.07) is 9.63. The monoisotopic (exact) mass is 450 g/mol. The van der Waals surface area contributed by atoms with Crippen molar-refractivity contribution in [3.63, 3.8) is 0 Å². The highest BCUT2D eigenvalue weighted by Gasteiger charge is 2.66. The number of nitrogens with one attached hydrogen (secondary N) is 2. The Morgan fingerprint density at radius 2 is 1.94 bits per heavy atom. The van der Waals surface area contributed by atoms with Crippen molar-refractivity contribution in [2.45, 2.75) is 24.9 Å². The number of halogens is 3. The number of aromatic nitrogens is 2. The molecular weight excluding hydrogens is 433 g/mol. The number of Topliss-reactive ketones (excluding diaryl/α,β-unsaturated/α-hetero) is 1. The van der Waals surface area contributed by atoms with Crippen LogP contribution in [-0.2, 0) is 4.79 Å². The average Bonchev–Trinajstić information content (AvgIpc) is 3.36. The number of aliphatic hydroxyl groups is 1. The fourth-order valence-electron chi connectivity index (χ4n) is 3.72. The average molecular weight is 450 g/mol. The maximum Gasteiger partial charge on any atom is 0.437 e. The first-order chi connectivity index (χ1) is 14.6. The summed E-state index contributed by atoms with van der Waals surface area (Å²) >= 11 is 1.30. The molecular formula is C20H17F3N4O3S. The second-order valence-electron chi connectivity index (χ2n) is 7.12. The van der Waals surface area contributed by atoms with Gasteiger partial charge in [-0.25, -0.2) is 9.48 Å². The van der Waals surface area contributed by atoms with Crippen LogP contribution in [0.4, 0.5) is 18.0 Å². The van der Waals surface area contributed by atoms with Crippen LogP contribution in [-0.4, -0.2) is 38.6 Å². The first-order valence-electron chi connectivity index (χ1n) is 9.19. The summed E-state index contributed by atoms with van der Waals surface area (Å²) in [6.45, 7) is 0.944. The number of para-hydroxylation sites is 1. The zero-order chi connectivity index (χ0) is 22.4. The summed E-state index contributed by atoms with van der Waals surface area (Å²) in [5, 5.41) is 20.6. The number of benzene rings is 1. The lowest BCUT2D eigenvalue weighted by atomic mass is 9.79. The number of hydrogen-bond donors (Lipinski definition) is 3. The third-order valence-electron chi connectivity index (χ3n) is 5.10. The fourth-order valence-corrected chi connectivity index (χ4v) is 4.45. The first-order valence-corrected chi connectivity index (χ1v) is 10.1. The molecule has 162 valence electrons. The molecule has 1 aromatic carbocycles. The Bertz CT molecular complexity index is 1110. The number of thiophene rings is 1. The molecule has 0 spiro atoms. The molecule has 3 atom stereocenters. The number of carbonyl (C=O) groups excluding carboxylic acids is 2. The molecule has 3 aromatic rings. The molecule has 11 heteroatoms. The molecule has 3 N–H and O–H groups in total. The van der Waals surface area contributed by atoms with E-state index in [0.29, 0.717) is 16.3 Å². The maximum absolute atomic E-state index is 13.8. The molecule has 7 nitrogen and oxygen atoms in total. The minimum atomic E-state index is -5.28. The number of alkyl halides is 3. The number of amides is 2. The van der Waals surface area contributed by atoms with Gasteiger partial charge >= 0.3 is 12.2 Å². The van der Waals surface area contributed by atoms with Crippen LogP contribution in [0.1, 0.15) is 18.5 Å². The Morgan fingerprint density at radius 1 is 1.23 bits per heavy atom. The summed E-state index contributed by atoms with van der Waals surface area (Å²) in [4.78, 5) is 25.1. The predicted octanol–water partition coefficient (Wildman–Crippen LogP) is 3.41. The van der Waals surface area contributed by atoms with E-state index in [1.54, 1.807) is 47.8 Å². The molecule has 0 bridgehead atoms. The van der Waals surface area contributed by atoms with Crippen molar-refractivity contribution in [3.05, 3.63) is 59.6 Å². The lowest BCUT2D eigenvalue weighted by Crippen LogP contribution is -2.72. The van der Waals surface area contributed by atoms with Crippen molar-refractivity contribution in [2.24, 2.45) is 5.92 Å². The van der Waals surface area contributed by atoms with E-state index in [2.05, 4.69) is 10.4 Å². The van der Waals surface area contributed by atoms with Crippen molar-refractivity contribution in [1.82, 2.24) is 20.4 Å². The van der Waals surface area contributed by atoms with Gasteiger partial charge in [0.05, 0.1) is 22.5 Å². The SMILES string of the molecule is CC(=O)[C@H]1[C@H](c2cn(-c3ccccc3)nc2-c2cccs2)NC(=O)N[C@]1(O)C(F)(F)F. The highest BCUT2D eigenvalue weighted by molar-refractivity contribution is 7.13. The van der Waals surface area contributed by atoms with Crippen LogP contribution in [0.25, 0.3) is 16.3 Å². The third kappa shape index (κ3) is 3.59. The van der Waals surface area contributed by atoms with E-state index in [-0.39, 0.29) is 5.56 Å². The van der Waals surface area contributed by atoms with Crippen LogP contribution in [0.2, 0.25) is 0 Å². The zero-order valence-electron chi connectivity index (χ0n) is 16.1. The minimum absolute atomic E-state index is 0.184. The molecule has 2 amide bonds. The number of nitrogens with zero attached hydrogens (tertiary/aromatic N) is 2. The normalized spacial score (nSPS) is 23.8. The number of hydrogen-bond acceptors (Lipinski definition) is 5. The van der Waals surface area contributed by atoms with E-state index in [9.17, 15) is 27.9 Å². The molecule has 2 aromatic heterocycles. The van der Waals surface area contributed by atoms with Crippen LogP contribution in [0, 0.1) is 5.92 Å². The van der Waals surface area contributed by atoms with Crippen LogP contribution in [0.15, 0.2) is 54.0 Å². The quantitative estimate of drug-likeness (QED) is 0.568. The lowest BCUT2D eigenvalue weighted by molar-refractivity contribution is -0.290. The summed E-state index contributed by atoms with van der Waals surface area (Å²) in [7, 11) is 0. The maximum atomic E-state index is 13.8. The van der Waals surface area contributed by atoms with Gasteiger partial charge in [-0.3, -0.25) is 4.79 Å². The van der Waals surface area contributed by atoms with Crippen LogP contribution in [0.3, 0.4) is 0 Å². The highest BCUT2D eigenvalue weighted by Crippen LogP contribution is 2.45. The van der Waals surface area contributed by atoms with Gasteiger partial charge in [0.15, 0.2) is 0 Å². The third-order valence-corrected chi connectivity index (χ3v) is 5.97. The standard InChI is InChI=1S/C20H17F3N4O3S/c1-11(28)15-17(24-18(29)25-19(15,30)20(21,22)23)13-10-27(12-6-3-2-4-7-12)26-16(13)14-8-5-9-31-14/h2-10,15,17,30H,1H3,(H2,24,25,29)/t15-,17-,19+/m0/s1. The topological polar surface area (TPSA) is 96.2 Å². The van der Waals surface area contributed by atoms with Gasteiger partial charge in [-0.05, 0) is 30.5 Å². The van der Waals surface area contributed by atoms with Crippen LogP contribution in [0.5, 0.6) is 0 Å². The molecule has 1 aliphatic heterocycles. The van der Waals surface area contributed by atoms with Gasteiger partial charge in [0.25, 0.3) is 0 Å². The second kappa shape index (κ2) is 7.50. The fraction of sp³-hybridized carbons (Fsp3) is 0.250. The Balaban J connectivity index is 1.91. The number of ketones is 1. The van der Waals surface area contributed by atoms with Gasteiger partial charge in [0, 0.05) is 11.8 Å². The minimum Gasteiger partial charge on any atom is -0.363 e. The molecule has 31 heavy (non-hydrogen) atoms. The van der Waals surface area contributed by atoms with E-state index in [1.165, 1.54) is 27.5 Å². The van der Waals surface area contributed by atoms with Crippen molar-refractivity contribution in [1.29, 1.82) is 0 Å². The van der Waals surface area contributed by atoms with E-state index in [4.69, 9.17) is 0 Å². The summed E-state index contributed by atoms with van der Waals surface area (Å²) in [6.07, 6.45) is -3.81. The van der Waals surface area contributed by atoms with Crippen molar-refractivity contribution in [3.8, 4) is 16.3 Å². The Labute approximate surface area is 178 Å². The molecule has 0 unspecified atom stereocenters. The second-order valence-corrected chi connectivity index (χ2v) is 8.07. The van der Waals surface area contributed by atoms with E-state index in [0.717, 1.165) is 6.92 Å². The predicted molar refractivity (Wildman–Crippen MR) is 106 cm³/mol. The molecule has 0 radical (unpaired) electrons.